The average Bonchev–Trinajstić information content (AvgIpc) is 3.04. The van der Waals surface area contributed by atoms with E-state index in [9.17, 15) is 0 Å². The molecule has 1 aliphatic heterocycles. The Morgan fingerprint density at radius 3 is 1.69 bits per heavy atom. The summed E-state index contributed by atoms with van der Waals surface area (Å²) in [6.45, 7) is 4.80. The number of hydrogen-bond acceptors (Lipinski definition) is 3. The molecule has 0 radical (unpaired) electrons. The minimum atomic E-state index is -0.145. The van der Waals surface area contributed by atoms with Gasteiger partial charge >= 0.3 is 0 Å². The lowest BCUT2D eigenvalue weighted by Crippen LogP contribution is -2.17. The van der Waals surface area contributed by atoms with Crippen LogP contribution in [0.5, 0.6) is 0 Å². The van der Waals surface area contributed by atoms with Gasteiger partial charge in [-0.05, 0) is 62.4 Å². The van der Waals surface area contributed by atoms with Gasteiger partial charge in [-0.2, -0.15) is 0 Å². The van der Waals surface area contributed by atoms with Crippen molar-refractivity contribution in [3.05, 3.63) is 90.5 Å². The van der Waals surface area contributed by atoms with Gasteiger partial charge in [0.2, 0.25) is 5.90 Å². The number of anilines is 3. The lowest BCUT2D eigenvalue weighted by Gasteiger charge is -2.25. The Bertz CT molecular complexity index is 860. The van der Waals surface area contributed by atoms with Crippen LogP contribution in [0.3, 0.4) is 0 Å². The largest absolute Gasteiger partial charge is 0.475 e. The molecule has 0 N–H and O–H groups in total. The van der Waals surface area contributed by atoms with Crippen molar-refractivity contribution in [2.45, 2.75) is 19.4 Å². The highest BCUT2D eigenvalue weighted by atomic mass is 16.5. The van der Waals surface area contributed by atoms with Gasteiger partial charge in [0.1, 0.15) is 6.61 Å². The van der Waals surface area contributed by atoms with Crippen molar-refractivity contribution in [3.8, 4) is 0 Å². The molecule has 1 heterocycles. The van der Waals surface area contributed by atoms with E-state index in [2.05, 4.69) is 96.5 Å². The zero-order chi connectivity index (χ0) is 18.0. The topological polar surface area (TPSA) is 24.8 Å². The molecule has 0 bridgehead atoms. The van der Waals surface area contributed by atoms with E-state index in [4.69, 9.17) is 4.74 Å². The second kappa shape index (κ2) is 6.68. The van der Waals surface area contributed by atoms with Crippen LogP contribution in [-0.4, -0.2) is 18.0 Å². The summed E-state index contributed by atoms with van der Waals surface area (Å²) in [5.74, 6) is 0.729. The van der Waals surface area contributed by atoms with Gasteiger partial charge in [0, 0.05) is 22.6 Å². The Hall–Kier alpha value is -3.07. The molecule has 0 unspecified atom stereocenters. The van der Waals surface area contributed by atoms with E-state index in [0.717, 1.165) is 28.5 Å². The first-order valence-electron chi connectivity index (χ1n) is 8.86. The maximum atomic E-state index is 5.76. The van der Waals surface area contributed by atoms with Crippen LogP contribution in [0.25, 0.3) is 0 Å². The van der Waals surface area contributed by atoms with Crippen molar-refractivity contribution in [2.24, 2.45) is 4.99 Å². The summed E-state index contributed by atoms with van der Waals surface area (Å²) < 4.78 is 5.76. The number of rotatable bonds is 4. The monoisotopic (exact) mass is 342 g/mol. The van der Waals surface area contributed by atoms with E-state index in [-0.39, 0.29) is 5.54 Å². The first-order valence-corrected chi connectivity index (χ1v) is 8.86. The smallest absolute Gasteiger partial charge is 0.216 e. The van der Waals surface area contributed by atoms with Gasteiger partial charge in [0.15, 0.2) is 0 Å². The van der Waals surface area contributed by atoms with Crippen LogP contribution in [0.2, 0.25) is 0 Å². The fraction of sp³-hybridized carbons (Fsp3) is 0.174. The summed E-state index contributed by atoms with van der Waals surface area (Å²) in [6.07, 6.45) is 0. The maximum absolute atomic E-state index is 5.76. The summed E-state index contributed by atoms with van der Waals surface area (Å²) in [7, 11) is 0. The summed E-state index contributed by atoms with van der Waals surface area (Å²) >= 11 is 0. The van der Waals surface area contributed by atoms with Gasteiger partial charge in [-0.1, -0.05) is 36.4 Å². The van der Waals surface area contributed by atoms with E-state index in [1.807, 2.05) is 12.1 Å². The van der Waals surface area contributed by atoms with E-state index in [1.165, 1.54) is 0 Å². The Balaban J connectivity index is 1.71. The predicted octanol–water partition coefficient (Wildman–Crippen LogP) is 5.71. The number of para-hydroxylation sites is 2. The fourth-order valence-electron chi connectivity index (χ4n) is 3.09. The summed E-state index contributed by atoms with van der Waals surface area (Å²) in [5, 5.41) is 0. The number of hydrogen-bond donors (Lipinski definition) is 0. The van der Waals surface area contributed by atoms with Gasteiger partial charge in [0.05, 0.1) is 5.54 Å². The highest BCUT2D eigenvalue weighted by Gasteiger charge is 2.27. The molecule has 0 aromatic heterocycles. The Morgan fingerprint density at radius 1 is 0.731 bits per heavy atom. The quantitative estimate of drug-likeness (QED) is 0.606. The van der Waals surface area contributed by atoms with Crippen LogP contribution < -0.4 is 4.90 Å². The molecule has 0 atom stereocenters. The maximum Gasteiger partial charge on any atom is 0.216 e. The molecule has 0 amide bonds. The molecular formula is C23H22N2O. The van der Waals surface area contributed by atoms with Gasteiger partial charge in [-0.25, -0.2) is 4.99 Å². The SMILES string of the molecule is CC1(C)COC(c2ccc(N(c3ccccc3)c3ccccc3)cc2)=N1. The Kier molecular flexibility index (Phi) is 4.21. The van der Waals surface area contributed by atoms with Crippen molar-refractivity contribution >= 4 is 23.0 Å². The minimum Gasteiger partial charge on any atom is -0.475 e. The van der Waals surface area contributed by atoms with Gasteiger partial charge in [-0.15, -0.1) is 0 Å². The van der Waals surface area contributed by atoms with Crippen LogP contribution >= 0.6 is 0 Å². The molecule has 3 nitrogen and oxygen atoms in total. The molecule has 0 saturated heterocycles. The van der Waals surface area contributed by atoms with Crippen molar-refractivity contribution in [1.82, 2.24) is 0 Å². The third-order valence-electron chi connectivity index (χ3n) is 4.37. The molecule has 1 aliphatic rings. The zero-order valence-electron chi connectivity index (χ0n) is 15.1. The first-order chi connectivity index (χ1) is 12.6. The van der Waals surface area contributed by atoms with Crippen molar-refractivity contribution in [1.29, 1.82) is 0 Å². The normalized spacial score (nSPS) is 15.2. The number of aliphatic imine (C=N–C) groups is 1. The fourth-order valence-corrected chi connectivity index (χ4v) is 3.09. The molecule has 130 valence electrons. The van der Waals surface area contributed by atoms with Crippen LogP contribution in [0.15, 0.2) is 89.9 Å². The van der Waals surface area contributed by atoms with Gasteiger partial charge in [0.25, 0.3) is 0 Å². The van der Waals surface area contributed by atoms with E-state index in [1.54, 1.807) is 0 Å². The van der Waals surface area contributed by atoms with Crippen LogP contribution in [0, 0.1) is 0 Å². The Morgan fingerprint density at radius 2 is 1.23 bits per heavy atom. The number of nitrogens with zero attached hydrogens (tertiary/aromatic N) is 2. The van der Waals surface area contributed by atoms with Crippen LogP contribution in [-0.2, 0) is 4.74 Å². The van der Waals surface area contributed by atoms with Gasteiger partial charge in [-0.3, -0.25) is 0 Å². The molecule has 0 spiro atoms. The number of benzene rings is 3. The first kappa shape index (κ1) is 16.4. The average molecular weight is 342 g/mol. The third-order valence-corrected chi connectivity index (χ3v) is 4.37. The lowest BCUT2D eigenvalue weighted by atomic mass is 10.1. The van der Waals surface area contributed by atoms with E-state index < -0.39 is 0 Å². The molecule has 3 aromatic rings. The van der Waals surface area contributed by atoms with Gasteiger partial charge < -0.3 is 9.64 Å². The predicted molar refractivity (Wildman–Crippen MR) is 108 cm³/mol. The zero-order valence-corrected chi connectivity index (χ0v) is 15.1. The van der Waals surface area contributed by atoms with Crippen molar-refractivity contribution < 1.29 is 4.74 Å². The molecule has 3 aromatic carbocycles. The minimum absolute atomic E-state index is 0.145. The molecule has 0 saturated carbocycles. The number of ether oxygens (including phenoxy) is 1. The Labute approximate surface area is 154 Å². The molecule has 4 rings (SSSR count). The lowest BCUT2D eigenvalue weighted by molar-refractivity contribution is 0.279. The van der Waals surface area contributed by atoms with Crippen molar-refractivity contribution in [2.75, 3.05) is 11.5 Å². The highest BCUT2D eigenvalue weighted by Crippen LogP contribution is 2.34. The molecular weight excluding hydrogens is 320 g/mol. The molecule has 0 fully saturated rings. The van der Waals surface area contributed by atoms with Crippen LogP contribution in [0.4, 0.5) is 17.1 Å². The third kappa shape index (κ3) is 3.33. The highest BCUT2D eigenvalue weighted by molar-refractivity contribution is 5.96. The second-order valence-corrected chi connectivity index (χ2v) is 7.07. The standard InChI is InChI=1S/C23H22N2O/c1-23(2)17-26-22(24-23)18-13-15-21(16-14-18)25(19-9-5-3-6-10-19)20-11-7-4-8-12-20/h3-16H,17H2,1-2H3. The molecule has 0 aliphatic carbocycles. The summed E-state index contributed by atoms with van der Waals surface area (Å²) in [5.41, 5.74) is 4.22. The van der Waals surface area contributed by atoms with Crippen LogP contribution in [0.1, 0.15) is 19.4 Å². The second-order valence-electron chi connectivity index (χ2n) is 7.07. The summed E-state index contributed by atoms with van der Waals surface area (Å²) in [6, 6.07) is 29.2. The van der Waals surface area contributed by atoms with Crippen molar-refractivity contribution in [3.63, 3.8) is 0 Å². The summed E-state index contributed by atoms with van der Waals surface area (Å²) in [4.78, 5) is 6.90. The van der Waals surface area contributed by atoms with E-state index >= 15 is 0 Å². The van der Waals surface area contributed by atoms with E-state index in [0.29, 0.717) is 6.61 Å². The molecule has 26 heavy (non-hydrogen) atoms. The molecule has 3 heteroatoms.